The minimum Gasteiger partial charge on any atom is -0.309 e. The summed E-state index contributed by atoms with van der Waals surface area (Å²) >= 11 is 5.90. The van der Waals surface area contributed by atoms with E-state index in [1.165, 1.54) is 10.5 Å². The van der Waals surface area contributed by atoms with Crippen molar-refractivity contribution in [2.75, 3.05) is 24.5 Å². The second-order valence-electron chi connectivity index (χ2n) is 6.36. The van der Waals surface area contributed by atoms with E-state index in [9.17, 15) is 9.59 Å². The third kappa shape index (κ3) is 3.01. The number of anilines is 1. The van der Waals surface area contributed by atoms with Crippen molar-refractivity contribution >= 4 is 29.2 Å². The van der Waals surface area contributed by atoms with Gasteiger partial charge in [0.1, 0.15) is 6.04 Å². The lowest BCUT2D eigenvalue weighted by Crippen LogP contribution is -2.52. The fraction of sp³-hybridized carbons (Fsp3) is 0.263. The van der Waals surface area contributed by atoms with E-state index in [1.807, 2.05) is 18.2 Å². The quantitative estimate of drug-likeness (QED) is 0.795. The molecule has 5 nitrogen and oxygen atoms in total. The van der Waals surface area contributed by atoms with Crippen LogP contribution in [0.1, 0.15) is 5.56 Å². The molecule has 2 saturated heterocycles. The first-order chi connectivity index (χ1) is 12.1. The lowest BCUT2D eigenvalue weighted by atomic mass is 10.1. The molecule has 0 spiro atoms. The van der Waals surface area contributed by atoms with Crippen molar-refractivity contribution in [1.82, 2.24) is 9.80 Å². The molecule has 128 valence electrons. The Bertz CT molecular complexity index is 794. The van der Waals surface area contributed by atoms with Gasteiger partial charge < -0.3 is 4.90 Å². The van der Waals surface area contributed by atoms with Crippen LogP contribution in [0.5, 0.6) is 0 Å². The van der Waals surface area contributed by atoms with Gasteiger partial charge in [-0.1, -0.05) is 41.9 Å². The van der Waals surface area contributed by atoms with Crippen LogP contribution in [-0.4, -0.2) is 47.4 Å². The van der Waals surface area contributed by atoms with Gasteiger partial charge in [0.05, 0.1) is 5.69 Å². The van der Waals surface area contributed by atoms with Gasteiger partial charge in [0.15, 0.2) is 0 Å². The number of fused-ring (bicyclic) bond motifs is 1. The summed E-state index contributed by atoms with van der Waals surface area (Å²) in [6.07, 6.45) is 0. The Morgan fingerprint density at radius 2 is 1.68 bits per heavy atom. The Balaban J connectivity index is 1.52. The largest absolute Gasteiger partial charge is 0.332 e. The molecule has 2 aromatic carbocycles. The van der Waals surface area contributed by atoms with E-state index in [0.717, 1.165) is 13.1 Å². The number of amides is 3. The molecule has 25 heavy (non-hydrogen) atoms. The van der Waals surface area contributed by atoms with Crippen molar-refractivity contribution in [3.05, 3.63) is 65.2 Å². The van der Waals surface area contributed by atoms with Gasteiger partial charge in [0.25, 0.3) is 5.91 Å². The second-order valence-corrected chi connectivity index (χ2v) is 6.80. The van der Waals surface area contributed by atoms with Crippen molar-refractivity contribution in [3.63, 3.8) is 0 Å². The molecule has 0 N–H and O–H groups in total. The van der Waals surface area contributed by atoms with Crippen LogP contribution in [0.4, 0.5) is 10.5 Å². The van der Waals surface area contributed by atoms with E-state index >= 15 is 0 Å². The highest BCUT2D eigenvalue weighted by molar-refractivity contribution is 6.30. The first-order valence-electron chi connectivity index (χ1n) is 8.30. The maximum absolute atomic E-state index is 12.8. The van der Waals surface area contributed by atoms with E-state index in [2.05, 4.69) is 17.0 Å². The van der Waals surface area contributed by atoms with Crippen LogP contribution in [0.2, 0.25) is 5.02 Å². The van der Waals surface area contributed by atoms with E-state index in [-0.39, 0.29) is 11.9 Å². The summed E-state index contributed by atoms with van der Waals surface area (Å²) < 4.78 is 0. The number of imide groups is 1. The van der Waals surface area contributed by atoms with Crippen molar-refractivity contribution in [3.8, 4) is 0 Å². The lowest BCUT2D eigenvalue weighted by molar-refractivity contribution is -0.121. The minimum absolute atomic E-state index is 0.162. The van der Waals surface area contributed by atoms with Gasteiger partial charge in [0.2, 0.25) is 0 Å². The maximum Gasteiger partial charge on any atom is 0.332 e. The number of hydrogen-bond donors (Lipinski definition) is 0. The molecule has 0 bridgehead atoms. The molecular formula is C19H18ClN3O2. The van der Waals surface area contributed by atoms with Gasteiger partial charge in [-0.25, -0.2) is 9.69 Å². The number of nitrogens with zero attached hydrogens (tertiary/aromatic N) is 3. The SMILES string of the molecule is O=C1C2CN(Cc3ccccc3)CCN2C(=O)N1c1ccc(Cl)cc1. The van der Waals surface area contributed by atoms with E-state index in [4.69, 9.17) is 11.6 Å². The first kappa shape index (κ1) is 16.1. The molecule has 3 amide bonds. The van der Waals surface area contributed by atoms with Crippen molar-refractivity contribution in [2.24, 2.45) is 0 Å². The predicted octanol–water partition coefficient (Wildman–Crippen LogP) is 2.99. The topological polar surface area (TPSA) is 43.9 Å². The number of rotatable bonds is 3. The zero-order chi connectivity index (χ0) is 17.4. The highest BCUT2D eigenvalue weighted by atomic mass is 35.5. The highest BCUT2D eigenvalue weighted by Crippen LogP contribution is 2.28. The molecule has 2 fully saturated rings. The number of urea groups is 1. The van der Waals surface area contributed by atoms with Crippen molar-refractivity contribution in [2.45, 2.75) is 12.6 Å². The van der Waals surface area contributed by atoms with E-state index in [1.54, 1.807) is 29.2 Å². The zero-order valence-electron chi connectivity index (χ0n) is 13.6. The van der Waals surface area contributed by atoms with Crippen LogP contribution in [0.3, 0.4) is 0 Å². The Morgan fingerprint density at radius 3 is 2.40 bits per heavy atom. The maximum atomic E-state index is 12.8. The number of benzene rings is 2. The molecule has 2 aliphatic rings. The monoisotopic (exact) mass is 355 g/mol. The zero-order valence-corrected chi connectivity index (χ0v) is 14.4. The van der Waals surface area contributed by atoms with Crippen molar-refractivity contribution < 1.29 is 9.59 Å². The molecule has 0 radical (unpaired) electrons. The molecule has 0 aromatic heterocycles. The fourth-order valence-corrected chi connectivity index (χ4v) is 3.59. The van der Waals surface area contributed by atoms with Gasteiger partial charge >= 0.3 is 6.03 Å². The Morgan fingerprint density at radius 1 is 0.960 bits per heavy atom. The smallest absolute Gasteiger partial charge is 0.309 e. The lowest BCUT2D eigenvalue weighted by Gasteiger charge is -2.35. The molecule has 0 aliphatic carbocycles. The predicted molar refractivity (Wildman–Crippen MR) is 96.5 cm³/mol. The summed E-state index contributed by atoms with van der Waals surface area (Å²) in [4.78, 5) is 30.7. The molecule has 1 unspecified atom stereocenters. The van der Waals surface area contributed by atoms with Crippen LogP contribution >= 0.6 is 11.6 Å². The molecule has 1 atom stereocenters. The average molecular weight is 356 g/mol. The number of halogens is 1. The standard InChI is InChI=1S/C19H18ClN3O2/c20-15-6-8-16(9-7-15)23-18(24)17-13-21(10-11-22(17)19(23)25)12-14-4-2-1-3-5-14/h1-9,17H,10-13H2. The molecule has 6 heteroatoms. The van der Waals surface area contributed by atoms with E-state index in [0.29, 0.717) is 23.8 Å². The van der Waals surface area contributed by atoms with Crippen LogP contribution in [0.15, 0.2) is 54.6 Å². The van der Waals surface area contributed by atoms with Gasteiger partial charge in [-0.05, 0) is 29.8 Å². The Hall–Kier alpha value is -2.37. The molecule has 2 heterocycles. The number of hydrogen-bond acceptors (Lipinski definition) is 3. The normalized spacial score (nSPS) is 20.9. The Kier molecular flexibility index (Phi) is 4.19. The molecule has 2 aliphatic heterocycles. The minimum atomic E-state index is -0.416. The number of carbonyl (C=O) groups excluding carboxylic acids is 2. The van der Waals surface area contributed by atoms with Crippen LogP contribution in [0, 0.1) is 0 Å². The van der Waals surface area contributed by atoms with Gasteiger partial charge in [-0.2, -0.15) is 0 Å². The highest BCUT2D eigenvalue weighted by Gasteiger charge is 2.48. The van der Waals surface area contributed by atoms with Crippen LogP contribution < -0.4 is 4.90 Å². The summed E-state index contributed by atoms with van der Waals surface area (Å²) in [6, 6.07) is 16.3. The second kappa shape index (κ2) is 6.50. The van der Waals surface area contributed by atoms with Gasteiger partial charge in [0, 0.05) is 31.2 Å². The Labute approximate surface area is 151 Å². The van der Waals surface area contributed by atoms with Crippen molar-refractivity contribution in [1.29, 1.82) is 0 Å². The third-order valence-electron chi connectivity index (χ3n) is 4.74. The molecule has 0 saturated carbocycles. The van der Waals surface area contributed by atoms with Crippen LogP contribution in [0.25, 0.3) is 0 Å². The van der Waals surface area contributed by atoms with Crippen LogP contribution in [-0.2, 0) is 11.3 Å². The molecule has 4 rings (SSSR count). The summed E-state index contributed by atoms with van der Waals surface area (Å²) in [5.74, 6) is -0.162. The summed E-state index contributed by atoms with van der Waals surface area (Å²) in [7, 11) is 0. The average Bonchev–Trinajstić information content (AvgIpc) is 2.87. The third-order valence-corrected chi connectivity index (χ3v) is 4.99. The molecule has 2 aromatic rings. The summed E-state index contributed by atoms with van der Waals surface area (Å²) in [5.41, 5.74) is 1.78. The van der Waals surface area contributed by atoms with E-state index < -0.39 is 6.04 Å². The summed E-state index contributed by atoms with van der Waals surface area (Å²) in [5, 5.41) is 0.578. The first-order valence-corrected chi connectivity index (χ1v) is 8.68. The summed E-state index contributed by atoms with van der Waals surface area (Å²) in [6.45, 7) is 2.67. The van der Waals surface area contributed by atoms with Gasteiger partial charge in [-0.3, -0.25) is 9.69 Å². The van der Waals surface area contributed by atoms with Gasteiger partial charge in [-0.15, -0.1) is 0 Å². The number of piperazine rings is 1. The number of carbonyl (C=O) groups is 2. The molecular weight excluding hydrogens is 338 g/mol. The fourth-order valence-electron chi connectivity index (χ4n) is 3.46.